The summed E-state index contributed by atoms with van der Waals surface area (Å²) in [6, 6.07) is 1.98. The monoisotopic (exact) mass is 494 g/mol. The highest BCUT2D eigenvalue weighted by Gasteiger charge is 2.29. The Morgan fingerprint density at radius 3 is 2.34 bits per heavy atom. The van der Waals surface area contributed by atoms with Gasteiger partial charge in [-0.3, -0.25) is 14.4 Å². The highest BCUT2D eigenvalue weighted by Crippen LogP contribution is 2.33. The fourth-order valence-corrected chi connectivity index (χ4v) is 2.90. The molecule has 35 heavy (non-hydrogen) atoms. The molecular formula is C23H30N2O10. The van der Waals surface area contributed by atoms with Crippen LogP contribution in [0.3, 0.4) is 0 Å². The normalized spacial score (nSPS) is 17.2. The molecular weight excluding hydrogens is 464 g/mol. The van der Waals surface area contributed by atoms with Crippen LogP contribution in [0.5, 0.6) is 11.5 Å². The Balaban J connectivity index is 2.26. The molecule has 1 aliphatic heterocycles. The van der Waals surface area contributed by atoms with Crippen LogP contribution in [0, 0.1) is 5.92 Å². The largest absolute Gasteiger partial charge is 0.463 e. The number of hydrogen-bond donors (Lipinski definition) is 2. The van der Waals surface area contributed by atoms with Gasteiger partial charge in [0.05, 0.1) is 30.9 Å². The Bertz CT molecular complexity index is 975. The topological polar surface area (TPSA) is 170 Å². The standard InChI is InChI=1S/C23H30N2O10/c1-11(2)21(28)32-13(5)33-23(30)25-16(10-20(27)31-12(3)4)14-6-7-17-18(8-14)34-19(26)9-15(24)22(29)35-17/h6-8,11-13,15-16H,9-10,24H2,1-5H3,(H,25,30). The van der Waals surface area contributed by atoms with Gasteiger partial charge in [0.25, 0.3) is 0 Å². The second-order valence-corrected chi connectivity index (χ2v) is 8.42. The molecule has 0 aliphatic carbocycles. The molecule has 192 valence electrons. The van der Waals surface area contributed by atoms with Crippen molar-refractivity contribution in [1.82, 2.24) is 5.32 Å². The maximum Gasteiger partial charge on any atom is 0.410 e. The van der Waals surface area contributed by atoms with Crippen molar-refractivity contribution >= 4 is 30.0 Å². The van der Waals surface area contributed by atoms with Crippen LogP contribution in [0.1, 0.15) is 59.1 Å². The van der Waals surface area contributed by atoms with Crippen LogP contribution < -0.4 is 20.5 Å². The van der Waals surface area contributed by atoms with E-state index in [0.717, 1.165) is 0 Å². The SMILES string of the molecule is CC(C)OC(=O)CC(NC(=O)OC(C)OC(=O)C(C)C)c1ccc2c(c1)OC(=O)CC(N)C(=O)O2. The van der Waals surface area contributed by atoms with E-state index in [2.05, 4.69) is 5.32 Å². The first-order chi connectivity index (χ1) is 16.3. The van der Waals surface area contributed by atoms with Crippen molar-refractivity contribution in [3.8, 4) is 11.5 Å². The summed E-state index contributed by atoms with van der Waals surface area (Å²) in [5.41, 5.74) is 5.91. The molecule has 0 saturated heterocycles. The van der Waals surface area contributed by atoms with E-state index in [4.69, 9.17) is 29.4 Å². The third kappa shape index (κ3) is 8.56. The zero-order chi connectivity index (χ0) is 26.3. The molecule has 2 rings (SSSR count). The molecule has 12 heteroatoms. The number of esters is 4. The number of nitrogens with two attached hydrogens (primary N) is 1. The van der Waals surface area contributed by atoms with Gasteiger partial charge in [0, 0.05) is 6.92 Å². The average molecular weight is 494 g/mol. The van der Waals surface area contributed by atoms with E-state index in [1.54, 1.807) is 27.7 Å². The summed E-state index contributed by atoms with van der Waals surface area (Å²) in [7, 11) is 0. The van der Waals surface area contributed by atoms with Gasteiger partial charge in [-0.1, -0.05) is 19.9 Å². The minimum absolute atomic E-state index is 0.0532. The fourth-order valence-electron chi connectivity index (χ4n) is 2.90. The molecule has 1 amide bonds. The van der Waals surface area contributed by atoms with Gasteiger partial charge in [-0.05, 0) is 31.5 Å². The summed E-state index contributed by atoms with van der Waals surface area (Å²) in [6.45, 7) is 7.96. The Hall–Kier alpha value is -3.67. The molecule has 3 N–H and O–H groups in total. The van der Waals surface area contributed by atoms with Crippen LogP contribution >= 0.6 is 0 Å². The van der Waals surface area contributed by atoms with E-state index in [0.29, 0.717) is 5.56 Å². The third-order valence-corrected chi connectivity index (χ3v) is 4.55. The van der Waals surface area contributed by atoms with Gasteiger partial charge in [0.1, 0.15) is 6.04 Å². The van der Waals surface area contributed by atoms with Crippen molar-refractivity contribution in [1.29, 1.82) is 0 Å². The van der Waals surface area contributed by atoms with Crippen LogP contribution in [0.4, 0.5) is 4.79 Å². The summed E-state index contributed by atoms with van der Waals surface area (Å²) in [4.78, 5) is 60.5. The van der Waals surface area contributed by atoms with E-state index < -0.39 is 60.4 Å². The average Bonchev–Trinajstić information content (AvgIpc) is 2.72. The summed E-state index contributed by atoms with van der Waals surface area (Å²) in [5, 5.41) is 2.51. The molecule has 0 fully saturated rings. The maximum absolute atomic E-state index is 12.5. The van der Waals surface area contributed by atoms with Crippen molar-refractivity contribution < 1.29 is 47.7 Å². The van der Waals surface area contributed by atoms with E-state index >= 15 is 0 Å². The van der Waals surface area contributed by atoms with Gasteiger partial charge >= 0.3 is 30.0 Å². The molecule has 1 heterocycles. The molecule has 0 spiro atoms. The lowest BCUT2D eigenvalue weighted by Crippen LogP contribution is -2.38. The second kappa shape index (κ2) is 12.2. The predicted molar refractivity (Wildman–Crippen MR) is 119 cm³/mol. The number of amides is 1. The Morgan fingerprint density at radius 2 is 1.71 bits per heavy atom. The smallest absolute Gasteiger partial charge is 0.410 e. The lowest BCUT2D eigenvalue weighted by atomic mass is 10.0. The van der Waals surface area contributed by atoms with Gasteiger partial charge in [0.15, 0.2) is 11.5 Å². The number of alkyl carbamates (subject to hydrolysis) is 1. The van der Waals surface area contributed by atoms with Crippen molar-refractivity contribution in [2.75, 3.05) is 0 Å². The van der Waals surface area contributed by atoms with Crippen LogP contribution in [0.2, 0.25) is 0 Å². The zero-order valence-electron chi connectivity index (χ0n) is 20.2. The first-order valence-electron chi connectivity index (χ1n) is 11.0. The number of nitrogens with one attached hydrogen (secondary N) is 1. The summed E-state index contributed by atoms with van der Waals surface area (Å²) in [6.07, 6.45) is -3.24. The van der Waals surface area contributed by atoms with Crippen molar-refractivity contribution in [3.05, 3.63) is 23.8 Å². The van der Waals surface area contributed by atoms with E-state index in [1.807, 2.05) is 0 Å². The van der Waals surface area contributed by atoms with Gasteiger partial charge in [-0.15, -0.1) is 0 Å². The number of rotatable bonds is 8. The maximum atomic E-state index is 12.5. The van der Waals surface area contributed by atoms with Crippen LogP contribution in [0.25, 0.3) is 0 Å². The van der Waals surface area contributed by atoms with Gasteiger partial charge in [-0.25, -0.2) is 9.59 Å². The number of hydrogen-bond acceptors (Lipinski definition) is 11. The molecule has 1 aromatic rings. The molecule has 3 atom stereocenters. The highest BCUT2D eigenvalue weighted by molar-refractivity contribution is 5.87. The third-order valence-electron chi connectivity index (χ3n) is 4.55. The number of ether oxygens (including phenoxy) is 5. The highest BCUT2D eigenvalue weighted by atomic mass is 16.7. The van der Waals surface area contributed by atoms with E-state index in [9.17, 15) is 24.0 Å². The first-order valence-corrected chi connectivity index (χ1v) is 11.0. The Kier molecular flexibility index (Phi) is 9.58. The molecule has 0 bridgehead atoms. The minimum Gasteiger partial charge on any atom is -0.463 e. The lowest BCUT2D eigenvalue weighted by Gasteiger charge is -2.23. The Morgan fingerprint density at radius 1 is 1.03 bits per heavy atom. The summed E-state index contributed by atoms with van der Waals surface area (Å²) in [5.74, 6) is -3.30. The number of benzene rings is 1. The second-order valence-electron chi connectivity index (χ2n) is 8.42. The van der Waals surface area contributed by atoms with Gasteiger partial charge in [-0.2, -0.15) is 0 Å². The molecule has 1 aromatic carbocycles. The molecule has 1 aliphatic rings. The van der Waals surface area contributed by atoms with Crippen LogP contribution in [-0.4, -0.2) is 48.4 Å². The van der Waals surface area contributed by atoms with E-state index in [-0.39, 0.29) is 24.3 Å². The van der Waals surface area contributed by atoms with Crippen molar-refractivity contribution in [3.63, 3.8) is 0 Å². The van der Waals surface area contributed by atoms with Crippen molar-refractivity contribution in [2.45, 2.75) is 71.9 Å². The van der Waals surface area contributed by atoms with Gasteiger partial charge in [0.2, 0.25) is 6.29 Å². The van der Waals surface area contributed by atoms with Gasteiger partial charge < -0.3 is 34.7 Å². The van der Waals surface area contributed by atoms with Crippen LogP contribution in [0.15, 0.2) is 18.2 Å². The molecule has 0 radical (unpaired) electrons. The molecule has 12 nitrogen and oxygen atoms in total. The molecule has 3 unspecified atom stereocenters. The number of carbonyl (C=O) groups is 5. The fraction of sp³-hybridized carbons (Fsp3) is 0.522. The molecule has 0 aromatic heterocycles. The summed E-state index contributed by atoms with van der Waals surface area (Å²) < 4.78 is 25.6. The number of fused-ring (bicyclic) bond motifs is 1. The Labute approximate surface area is 202 Å². The van der Waals surface area contributed by atoms with E-state index in [1.165, 1.54) is 25.1 Å². The quantitative estimate of drug-likeness (QED) is 0.307. The minimum atomic E-state index is -1.19. The molecule has 0 saturated carbocycles. The summed E-state index contributed by atoms with van der Waals surface area (Å²) >= 11 is 0. The first kappa shape index (κ1) is 27.6. The van der Waals surface area contributed by atoms with Crippen molar-refractivity contribution in [2.24, 2.45) is 11.7 Å². The predicted octanol–water partition coefficient (Wildman–Crippen LogP) is 1.88. The van der Waals surface area contributed by atoms with Crippen LogP contribution in [-0.2, 0) is 33.4 Å². The lowest BCUT2D eigenvalue weighted by molar-refractivity contribution is -0.168. The zero-order valence-corrected chi connectivity index (χ0v) is 20.2. The number of carbonyl (C=O) groups excluding carboxylic acids is 5.